The van der Waals surface area contributed by atoms with Gasteiger partial charge in [-0.2, -0.15) is 0 Å². The third kappa shape index (κ3) is 2.67. The van der Waals surface area contributed by atoms with E-state index in [-0.39, 0.29) is 5.02 Å². The predicted molar refractivity (Wildman–Crippen MR) is 58.0 cm³/mol. The van der Waals surface area contributed by atoms with Crippen molar-refractivity contribution < 1.29 is 9.50 Å². The lowest BCUT2D eigenvalue weighted by atomic mass is 10.1. The van der Waals surface area contributed by atoms with E-state index in [2.05, 4.69) is 21.2 Å². The van der Waals surface area contributed by atoms with E-state index in [0.717, 1.165) is 0 Å². The molecule has 1 aromatic rings. The van der Waals surface area contributed by atoms with Gasteiger partial charge in [-0.3, -0.25) is 0 Å². The molecule has 0 bridgehead atoms. The molecule has 78 valence electrons. The molecule has 0 aliphatic carbocycles. The maximum absolute atomic E-state index is 13.1. The maximum Gasteiger partial charge on any atom is 0.143 e. The Kier molecular flexibility index (Phi) is 4.31. The summed E-state index contributed by atoms with van der Waals surface area (Å²) in [5, 5.41) is 12.4. The largest absolute Gasteiger partial charge is 0.387 e. The molecule has 1 unspecified atom stereocenters. The van der Waals surface area contributed by atoms with Gasteiger partial charge >= 0.3 is 0 Å². The Morgan fingerprint density at radius 1 is 1.64 bits per heavy atom. The highest BCUT2D eigenvalue weighted by molar-refractivity contribution is 9.10. The van der Waals surface area contributed by atoms with Crippen LogP contribution < -0.4 is 5.32 Å². The minimum atomic E-state index is -0.733. The van der Waals surface area contributed by atoms with Crippen molar-refractivity contribution in [3.8, 4) is 0 Å². The number of aliphatic hydroxyl groups excluding tert-OH is 1. The third-order valence-corrected chi connectivity index (χ3v) is 3.03. The zero-order chi connectivity index (χ0) is 10.7. The Morgan fingerprint density at radius 3 is 2.79 bits per heavy atom. The number of hydrogen-bond donors (Lipinski definition) is 2. The van der Waals surface area contributed by atoms with Crippen molar-refractivity contribution in [2.75, 3.05) is 13.6 Å². The van der Waals surface area contributed by atoms with Crippen LogP contribution in [0.2, 0.25) is 5.02 Å². The Balaban J connectivity index is 3.00. The fraction of sp³-hybridized carbons (Fsp3) is 0.333. The molecule has 0 aliphatic rings. The summed E-state index contributed by atoms with van der Waals surface area (Å²) in [4.78, 5) is 0. The first kappa shape index (κ1) is 11.9. The van der Waals surface area contributed by atoms with Crippen LogP contribution in [0.3, 0.4) is 0 Å². The number of halogens is 3. The summed E-state index contributed by atoms with van der Waals surface area (Å²) < 4.78 is 13.6. The first-order valence-corrected chi connectivity index (χ1v) is 5.20. The van der Waals surface area contributed by atoms with Crippen molar-refractivity contribution in [2.45, 2.75) is 6.10 Å². The van der Waals surface area contributed by atoms with Gasteiger partial charge < -0.3 is 10.4 Å². The first-order chi connectivity index (χ1) is 6.56. The first-order valence-electron chi connectivity index (χ1n) is 4.03. The lowest BCUT2D eigenvalue weighted by molar-refractivity contribution is 0.177. The minimum absolute atomic E-state index is 0.0328. The lowest BCUT2D eigenvalue weighted by Gasteiger charge is -2.11. The van der Waals surface area contributed by atoms with Crippen LogP contribution in [0, 0.1) is 5.82 Å². The molecule has 0 saturated heterocycles. The van der Waals surface area contributed by atoms with E-state index in [4.69, 9.17) is 11.6 Å². The molecule has 0 fully saturated rings. The van der Waals surface area contributed by atoms with Crippen LogP contribution in [0.1, 0.15) is 11.7 Å². The van der Waals surface area contributed by atoms with Crippen LogP contribution >= 0.6 is 27.5 Å². The SMILES string of the molecule is CNCC(O)c1cc(F)c(Cl)c(Br)c1. The van der Waals surface area contributed by atoms with E-state index in [1.54, 1.807) is 13.1 Å². The molecule has 1 rings (SSSR count). The summed E-state index contributed by atoms with van der Waals surface area (Å²) in [6.07, 6.45) is -0.733. The minimum Gasteiger partial charge on any atom is -0.387 e. The molecule has 2 N–H and O–H groups in total. The van der Waals surface area contributed by atoms with E-state index in [9.17, 15) is 9.50 Å². The highest BCUT2D eigenvalue weighted by Gasteiger charge is 2.12. The van der Waals surface area contributed by atoms with Crippen molar-refractivity contribution in [1.29, 1.82) is 0 Å². The molecule has 0 amide bonds. The van der Waals surface area contributed by atoms with Crippen LogP contribution in [0.5, 0.6) is 0 Å². The Hall–Kier alpha value is -0.160. The van der Waals surface area contributed by atoms with Gasteiger partial charge in [-0.25, -0.2) is 4.39 Å². The zero-order valence-electron chi connectivity index (χ0n) is 7.52. The lowest BCUT2D eigenvalue weighted by Crippen LogP contribution is -2.16. The van der Waals surface area contributed by atoms with Crippen LogP contribution in [-0.4, -0.2) is 18.7 Å². The molecular weight excluding hydrogens is 272 g/mol. The summed E-state index contributed by atoms with van der Waals surface area (Å²) in [6.45, 7) is 0.369. The summed E-state index contributed by atoms with van der Waals surface area (Å²) in [6, 6.07) is 2.84. The molecule has 14 heavy (non-hydrogen) atoms. The van der Waals surface area contributed by atoms with Gasteiger partial charge in [0, 0.05) is 11.0 Å². The second-order valence-electron chi connectivity index (χ2n) is 2.87. The molecule has 0 radical (unpaired) electrons. The van der Waals surface area contributed by atoms with Crippen LogP contribution in [-0.2, 0) is 0 Å². The Morgan fingerprint density at radius 2 is 2.29 bits per heavy atom. The fourth-order valence-electron chi connectivity index (χ4n) is 1.08. The van der Waals surface area contributed by atoms with Crippen LogP contribution in [0.15, 0.2) is 16.6 Å². The summed E-state index contributed by atoms with van der Waals surface area (Å²) in [5.41, 5.74) is 0.494. The number of benzene rings is 1. The number of hydrogen-bond acceptors (Lipinski definition) is 2. The third-order valence-electron chi connectivity index (χ3n) is 1.79. The summed E-state index contributed by atoms with van der Waals surface area (Å²) >= 11 is 8.73. The van der Waals surface area contributed by atoms with Gasteiger partial charge in [0.25, 0.3) is 0 Å². The summed E-state index contributed by atoms with van der Waals surface area (Å²) in [5.74, 6) is -0.536. The van der Waals surface area contributed by atoms with Crippen molar-refractivity contribution in [3.63, 3.8) is 0 Å². The number of likely N-dealkylation sites (N-methyl/N-ethyl adjacent to an activating group) is 1. The molecular formula is C9H10BrClFNO. The Bertz CT molecular complexity index is 312. The number of nitrogens with one attached hydrogen (secondary N) is 1. The van der Waals surface area contributed by atoms with Gasteiger partial charge in [0.15, 0.2) is 0 Å². The predicted octanol–water partition coefficient (Wildman–Crippen LogP) is 2.49. The molecule has 1 atom stereocenters. The standard InChI is InChI=1S/C9H10BrClFNO/c1-13-4-8(14)5-2-6(10)9(11)7(12)3-5/h2-3,8,13-14H,4H2,1H3. The number of aliphatic hydroxyl groups is 1. The van der Waals surface area contributed by atoms with Crippen LogP contribution in [0.4, 0.5) is 4.39 Å². The van der Waals surface area contributed by atoms with Gasteiger partial charge in [-0.15, -0.1) is 0 Å². The van der Waals surface area contributed by atoms with E-state index < -0.39 is 11.9 Å². The normalized spacial score (nSPS) is 12.9. The van der Waals surface area contributed by atoms with Gasteiger partial charge in [-0.05, 0) is 40.7 Å². The molecule has 2 nitrogen and oxygen atoms in total. The van der Waals surface area contributed by atoms with Crippen LogP contribution in [0.25, 0.3) is 0 Å². The monoisotopic (exact) mass is 281 g/mol. The van der Waals surface area contributed by atoms with Gasteiger partial charge in [0.1, 0.15) is 5.82 Å². The van der Waals surface area contributed by atoms with Gasteiger partial charge in [0.2, 0.25) is 0 Å². The maximum atomic E-state index is 13.1. The van der Waals surface area contributed by atoms with E-state index in [1.165, 1.54) is 6.07 Å². The molecule has 1 aromatic carbocycles. The second-order valence-corrected chi connectivity index (χ2v) is 4.10. The van der Waals surface area contributed by atoms with Crippen molar-refractivity contribution in [1.82, 2.24) is 5.32 Å². The molecule has 0 heterocycles. The smallest absolute Gasteiger partial charge is 0.143 e. The van der Waals surface area contributed by atoms with Crippen molar-refractivity contribution >= 4 is 27.5 Å². The molecule has 5 heteroatoms. The zero-order valence-corrected chi connectivity index (χ0v) is 9.86. The fourth-order valence-corrected chi connectivity index (χ4v) is 1.64. The van der Waals surface area contributed by atoms with Gasteiger partial charge in [0.05, 0.1) is 11.1 Å². The average molecular weight is 283 g/mol. The van der Waals surface area contributed by atoms with E-state index in [0.29, 0.717) is 16.6 Å². The molecule has 0 spiro atoms. The number of rotatable bonds is 3. The average Bonchev–Trinajstić information content (AvgIpc) is 2.13. The summed E-state index contributed by atoms with van der Waals surface area (Å²) in [7, 11) is 1.71. The Labute approximate surface area is 95.2 Å². The van der Waals surface area contributed by atoms with Crippen molar-refractivity contribution in [3.05, 3.63) is 33.0 Å². The highest BCUT2D eigenvalue weighted by atomic mass is 79.9. The second kappa shape index (κ2) is 5.07. The van der Waals surface area contributed by atoms with E-state index >= 15 is 0 Å². The van der Waals surface area contributed by atoms with Crippen molar-refractivity contribution in [2.24, 2.45) is 0 Å². The molecule has 0 aromatic heterocycles. The topological polar surface area (TPSA) is 32.3 Å². The van der Waals surface area contributed by atoms with Gasteiger partial charge in [-0.1, -0.05) is 11.6 Å². The molecule has 0 aliphatic heterocycles. The quantitative estimate of drug-likeness (QED) is 0.835. The highest BCUT2D eigenvalue weighted by Crippen LogP contribution is 2.28. The van der Waals surface area contributed by atoms with E-state index in [1.807, 2.05) is 0 Å². The molecule has 0 saturated carbocycles.